The first-order valence-electron chi connectivity index (χ1n) is 12.5. The third-order valence-electron chi connectivity index (χ3n) is 6.90. The average molecular weight is 503 g/mol. The zero-order chi connectivity index (χ0) is 26.3. The molecule has 1 aliphatic heterocycles. The van der Waals surface area contributed by atoms with Crippen molar-refractivity contribution < 1.29 is 27.6 Å². The van der Waals surface area contributed by atoms with Gasteiger partial charge in [0.15, 0.2) is 0 Å². The van der Waals surface area contributed by atoms with Crippen LogP contribution in [0.4, 0.5) is 23.7 Å². The molecule has 4 amide bonds. The van der Waals surface area contributed by atoms with Crippen LogP contribution in [-0.2, 0) is 22.2 Å². The predicted octanol–water partition coefficient (Wildman–Crippen LogP) is 7.00. The molecule has 5 nitrogen and oxygen atoms in total. The normalized spacial score (nSPS) is 18.8. The highest BCUT2D eigenvalue weighted by molar-refractivity contribution is 6.29. The lowest BCUT2D eigenvalue weighted by atomic mass is 9.73. The molecular weight excluding hydrogens is 469 g/mol. The van der Waals surface area contributed by atoms with Gasteiger partial charge in [0.05, 0.1) is 11.3 Å². The zero-order valence-corrected chi connectivity index (χ0v) is 20.8. The summed E-state index contributed by atoms with van der Waals surface area (Å²) in [6.07, 6.45) is 2.17. The molecule has 1 aliphatic rings. The molecule has 0 aromatic heterocycles. The summed E-state index contributed by atoms with van der Waals surface area (Å²) in [7, 11) is 1.33. The Morgan fingerprint density at radius 2 is 1.39 bits per heavy atom. The number of benzene rings is 2. The minimum atomic E-state index is -4.54. The van der Waals surface area contributed by atoms with Gasteiger partial charge >= 0.3 is 12.2 Å². The van der Waals surface area contributed by atoms with Crippen LogP contribution in [-0.4, -0.2) is 29.8 Å². The van der Waals surface area contributed by atoms with E-state index in [9.17, 15) is 27.6 Å². The smallest absolute Gasteiger partial charge is 0.273 e. The van der Waals surface area contributed by atoms with Crippen molar-refractivity contribution in [1.29, 1.82) is 0 Å². The van der Waals surface area contributed by atoms with Gasteiger partial charge in [-0.25, -0.2) is 9.69 Å². The molecule has 2 aromatic carbocycles. The second-order valence-electron chi connectivity index (χ2n) is 9.42. The van der Waals surface area contributed by atoms with Gasteiger partial charge in [0, 0.05) is 7.05 Å². The van der Waals surface area contributed by atoms with Gasteiger partial charge in [0.25, 0.3) is 5.91 Å². The number of imide groups is 2. The summed E-state index contributed by atoms with van der Waals surface area (Å²) in [6.45, 7) is 2.13. The Morgan fingerprint density at radius 3 is 2.00 bits per heavy atom. The van der Waals surface area contributed by atoms with Gasteiger partial charge in [-0.15, -0.1) is 0 Å². The van der Waals surface area contributed by atoms with Crippen LogP contribution >= 0.6 is 0 Å². The quantitative estimate of drug-likeness (QED) is 0.246. The van der Waals surface area contributed by atoms with Crippen molar-refractivity contribution in [3.05, 3.63) is 65.7 Å². The molecule has 0 bridgehead atoms. The van der Waals surface area contributed by atoms with E-state index in [1.54, 1.807) is 0 Å². The van der Waals surface area contributed by atoms with E-state index in [1.807, 2.05) is 30.3 Å². The number of carbonyl (C=O) groups excluding carboxylic acids is 3. The number of alkyl halides is 3. The Labute approximate surface area is 210 Å². The summed E-state index contributed by atoms with van der Waals surface area (Å²) in [5.74, 6) is -1.22. The molecule has 0 radical (unpaired) electrons. The summed E-state index contributed by atoms with van der Waals surface area (Å²) in [5, 5.41) is 0. The van der Waals surface area contributed by atoms with E-state index >= 15 is 0 Å². The first-order chi connectivity index (χ1) is 17.1. The number of urea groups is 1. The van der Waals surface area contributed by atoms with Gasteiger partial charge in [0.2, 0.25) is 5.91 Å². The third-order valence-corrected chi connectivity index (χ3v) is 6.90. The summed E-state index contributed by atoms with van der Waals surface area (Å²) in [4.78, 5) is 42.3. The Hall–Kier alpha value is -3.16. The van der Waals surface area contributed by atoms with Crippen LogP contribution in [0.3, 0.4) is 0 Å². The lowest BCUT2D eigenvalue weighted by Gasteiger charge is -2.43. The van der Waals surface area contributed by atoms with E-state index in [4.69, 9.17) is 0 Å². The van der Waals surface area contributed by atoms with Gasteiger partial charge in [-0.3, -0.25) is 14.5 Å². The fraction of sp³-hybridized carbons (Fsp3) is 0.464. The number of hydrogen-bond donors (Lipinski definition) is 0. The largest absolute Gasteiger partial charge is 0.416 e. The number of carbonyl (C=O) groups is 3. The van der Waals surface area contributed by atoms with E-state index in [-0.39, 0.29) is 18.5 Å². The van der Waals surface area contributed by atoms with Gasteiger partial charge in [-0.2, -0.15) is 13.2 Å². The molecule has 1 heterocycles. The van der Waals surface area contributed by atoms with E-state index in [0.29, 0.717) is 12.8 Å². The van der Waals surface area contributed by atoms with Crippen molar-refractivity contribution in [2.24, 2.45) is 5.41 Å². The van der Waals surface area contributed by atoms with E-state index in [1.165, 1.54) is 7.05 Å². The minimum Gasteiger partial charge on any atom is -0.273 e. The van der Waals surface area contributed by atoms with E-state index in [0.717, 1.165) is 71.7 Å². The molecular formula is C28H33F3N2O3. The highest BCUT2D eigenvalue weighted by atomic mass is 19.4. The van der Waals surface area contributed by atoms with E-state index in [2.05, 4.69) is 6.92 Å². The van der Waals surface area contributed by atoms with Crippen LogP contribution in [0, 0.1) is 5.41 Å². The first-order valence-corrected chi connectivity index (χ1v) is 12.5. The number of halogens is 3. The fourth-order valence-electron chi connectivity index (χ4n) is 4.74. The predicted molar refractivity (Wildman–Crippen MR) is 132 cm³/mol. The molecule has 0 saturated carbocycles. The SMILES string of the molecule is CCCCCCCCC1(CCc2ccccc2)C(=O)N(C)C(=O)N(c2ccc(C(F)(F)F)cc2)C1=O. The van der Waals surface area contributed by atoms with Gasteiger partial charge in [-0.1, -0.05) is 75.8 Å². The Morgan fingerprint density at radius 1 is 0.778 bits per heavy atom. The van der Waals surface area contributed by atoms with Crippen molar-refractivity contribution in [3.8, 4) is 0 Å². The number of unbranched alkanes of at least 4 members (excludes halogenated alkanes) is 5. The van der Waals surface area contributed by atoms with Crippen LogP contribution in [0.25, 0.3) is 0 Å². The molecule has 1 atom stereocenters. The van der Waals surface area contributed by atoms with Crippen LogP contribution in [0.5, 0.6) is 0 Å². The first kappa shape index (κ1) is 27.4. The summed E-state index contributed by atoms with van der Waals surface area (Å²) in [6, 6.07) is 12.5. The standard InChI is InChI=1S/C28H33F3N2O3/c1-3-4-5-6-7-11-19-27(20-18-21-12-9-8-10-13-21)24(34)32(2)26(36)33(25(27)35)23-16-14-22(15-17-23)28(29,30)31/h8-10,12-17H,3-7,11,18-20H2,1-2H3. The van der Waals surface area contributed by atoms with E-state index < -0.39 is 35.0 Å². The molecule has 0 spiro atoms. The number of barbiturate groups is 1. The molecule has 0 N–H and O–H groups in total. The summed E-state index contributed by atoms with van der Waals surface area (Å²) in [5.41, 5.74) is -1.37. The minimum absolute atomic E-state index is 0.0179. The summed E-state index contributed by atoms with van der Waals surface area (Å²) >= 11 is 0. The molecule has 2 aromatic rings. The molecule has 8 heteroatoms. The van der Waals surface area contributed by atoms with Crippen molar-refractivity contribution in [3.63, 3.8) is 0 Å². The molecule has 194 valence electrons. The second-order valence-corrected chi connectivity index (χ2v) is 9.42. The van der Waals surface area contributed by atoms with Crippen LogP contribution in [0.2, 0.25) is 0 Å². The third kappa shape index (κ3) is 5.97. The molecule has 36 heavy (non-hydrogen) atoms. The number of amides is 4. The molecule has 1 unspecified atom stereocenters. The fourth-order valence-corrected chi connectivity index (χ4v) is 4.74. The number of rotatable bonds is 11. The number of nitrogens with zero attached hydrogens (tertiary/aromatic N) is 2. The topological polar surface area (TPSA) is 57.7 Å². The number of hydrogen-bond acceptors (Lipinski definition) is 3. The maximum Gasteiger partial charge on any atom is 0.416 e. The highest BCUT2D eigenvalue weighted by Crippen LogP contribution is 2.41. The van der Waals surface area contributed by atoms with Crippen molar-refractivity contribution in [2.45, 2.75) is 70.9 Å². The zero-order valence-electron chi connectivity index (χ0n) is 20.8. The lowest BCUT2D eigenvalue weighted by Crippen LogP contribution is -2.64. The lowest BCUT2D eigenvalue weighted by molar-refractivity contribution is -0.150. The van der Waals surface area contributed by atoms with Gasteiger partial charge < -0.3 is 0 Å². The monoisotopic (exact) mass is 502 g/mol. The van der Waals surface area contributed by atoms with Gasteiger partial charge in [0.1, 0.15) is 5.41 Å². The van der Waals surface area contributed by atoms with Crippen LogP contribution in [0.15, 0.2) is 54.6 Å². The highest BCUT2D eigenvalue weighted by Gasteiger charge is 2.56. The van der Waals surface area contributed by atoms with Gasteiger partial charge in [-0.05, 0) is 49.1 Å². The molecule has 1 fully saturated rings. The van der Waals surface area contributed by atoms with Crippen molar-refractivity contribution >= 4 is 23.5 Å². The van der Waals surface area contributed by atoms with Crippen molar-refractivity contribution in [2.75, 3.05) is 11.9 Å². The number of aryl methyl sites for hydroxylation is 1. The Kier molecular flexibility index (Phi) is 8.93. The average Bonchev–Trinajstić information content (AvgIpc) is 2.87. The molecule has 3 rings (SSSR count). The maximum absolute atomic E-state index is 13.9. The summed E-state index contributed by atoms with van der Waals surface area (Å²) < 4.78 is 39.2. The molecule has 0 aliphatic carbocycles. The second kappa shape index (κ2) is 11.7. The number of anilines is 1. The Balaban J connectivity index is 1.93. The maximum atomic E-state index is 13.9. The van der Waals surface area contributed by atoms with Crippen LogP contribution in [0.1, 0.15) is 69.4 Å². The van der Waals surface area contributed by atoms with Crippen LogP contribution < -0.4 is 4.90 Å². The Bertz CT molecular complexity index is 1050. The molecule has 1 saturated heterocycles. The van der Waals surface area contributed by atoms with Crippen molar-refractivity contribution in [1.82, 2.24) is 4.90 Å².